The molecule has 0 fully saturated rings. The van der Waals surface area contributed by atoms with Gasteiger partial charge in [-0.1, -0.05) is 0 Å². The third-order valence-electron chi connectivity index (χ3n) is 2.25. The molecular formula is C9H12N2O. The van der Waals surface area contributed by atoms with Gasteiger partial charge in [-0.3, -0.25) is 4.98 Å². The Bertz CT molecular complexity index is 275. The van der Waals surface area contributed by atoms with E-state index in [9.17, 15) is 0 Å². The molecule has 2 N–H and O–H groups in total. The first kappa shape index (κ1) is 7.55. The van der Waals surface area contributed by atoms with Crippen LogP contribution in [-0.2, 0) is 6.42 Å². The van der Waals surface area contributed by atoms with Crippen LogP contribution in [0, 0.1) is 0 Å². The van der Waals surface area contributed by atoms with Crippen LogP contribution in [0.2, 0.25) is 0 Å². The van der Waals surface area contributed by atoms with Gasteiger partial charge in [0.25, 0.3) is 0 Å². The van der Waals surface area contributed by atoms with Crippen LogP contribution in [0.1, 0.15) is 12.0 Å². The highest BCUT2D eigenvalue weighted by molar-refractivity contribution is 5.52. The maximum Gasteiger partial charge on any atom is 0.0632 e. The van der Waals surface area contributed by atoms with Crippen molar-refractivity contribution >= 4 is 5.69 Å². The van der Waals surface area contributed by atoms with E-state index in [-0.39, 0.29) is 12.6 Å². The van der Waals surface area contributed by atoms with Crippen LogP contribution in [0.25, 0.3) is 0 Å². The van der Waals surface area contributed by atoms with Crippen molar-refractivity contribution in [2.45, 2.75) is 18.9 Å². The zero-order valence-corrected chi connectivity index (χ0v) is 6.83. The summed E-state index contributed by atoms with van der Waals surface area (Å²) in [6.07, 6.45) is 5.66. The zero-order chi connectivity index (χ0) is 8.39. The summed E-state index contributed by atoms with van der Waals surface area (Å²) in [7, 11) is 0. The van der Waals surface area contributed by atoms with E-state index >= 15 is 0 Å². The number of nitrogens with one attached hydrogen (secondary N) is 1. The van der Waals surface area contributed by atoms with Crippen molar-refractivity contribution in [1.29, 1.82) is 0 Å². The van der Waals surface area contributed by atoms with E-state index in [1.54, 1.807) is 6.20 Å². The van der Waals surface area contributed by atoms with Gasteiger partial charge >= 0.3 is 0 Å². The molecule has 0 spiro atoms. The Morgan fingerprint density at radius 1 is 1.67 bits per heavy atom. The number of hydrogen-bond donors (Lipinski definition) is 2. The molecule has 2 rings (SSSR count). The van der Waals surface area contributed by atoms with E-state index in [0.717, 1.165) is 18.5 Å². The van der Waals surface area contributed by atoms with Crippen molar-refractivity contribution in [2.24, 2.45) is 0 Å². The second-order valence-electron chi connectivity index (χ2n) is 3.10. The average Bonchev–Trinajstić information content (AvgIpc) is 2.17. The van der Waals surface area contributed by atoms with E-state index in [1.165, 1.54) is 5.56 Å². The molecule has 12 heavy (non-hydrogen) atoms. The number of aromatic nitrogens is 1. The zero-order valence-electron chi connectivity index (χ0n) is 6.83. The lowest BCUT2D eigenvalue weighted by Gasteiger charge is -2.24. The molecule has 0 aliphatic carbocycles. The largest absolute Gasteiger partial charge is 0.394 e. The smallest absolute Gasteiger partial charge is 0.0632 e. The van der Waals surface area contributed by atoms with Crippen LogP contribution in [-0.4, -0.2) is 22.7 Å². The summed E-state index contributed by atoms with van der Waals surface area (Å²) < 4.78 is 0. The maximum absolute atomic E-state index is 8.94. The Morgan fingerprint density at radius 2 is 2.58 bits per heavy atom. The highest BCUT2D eigenvalue weighted by atomic mass is 16.3. The first-order valence-electron chi connectivity index (χ1n) is 4.20. The van der Waals surface area contributed by atoms with Crippen molar-refractivity contribution in [3.8, 4) is 0 Å². The van der Waals surface area contributed by atoms with Crippen LogP contribution >= 0.6 is 0 Å². The van der Waals surface area contributed by atoms with Gasteiger partial charge in [-0.05, 0) is 24.5 Å². The van der Waals surface area contributed by atoms with Crippen LogP contribution in [0.4, 0.5) is 5.69 Å². The molecule has 0 aromatic carbocycles. The number of hydrogen-bond acceptors (Lipinski definition) is 3. The monoisotopic (exact) mass is 164 g/mol. The Morgan fingerprint density at radius 3 is 3.42 bits per heavy atom. The molecule has 0 amide bonds. The van der Waals surface area contributed by atoms with E-state index in [4.69, 9.17) is 5.11 Å². The molecular weight excluding hydrogens is 152 g/mol. The fraction of sp³-hybridized carbons (Fsp3) is 0.444. The number of aryl methyl sites for hydroxylation is 1. The Hall–Kier alpha value is -1.09. The molecule has 3 heteroatoms. The van der Waals surface area contributed by atoms with Gasteiger partial charge in [-0.2, -0.15) is 0 Å². The molecule has 0 saturated heterocycles. The lowest BCUT2D eigenvalue weighted by atomic mass is 10.0. The summed E-state index contributed by atoms with van der Waals surface area (Å²) >= 11 is 0. The standard InChI is InChI=1S/C9H12N2O/c12-6-8-2-1-7-5-10-4-3-9(7)11-8/h3-5,8,11-12H,1-2,6H2. The van der Waals surface area contributed by atoms with Gasteiger partial charge < -0.3 is 10.4 Å². The average molecular weight is 164 g/mol. The lowest BCUT2D eigenvalue weighted by molar-refractivity contribution is 0.267. The SMILES string of the molecule is OCC1CCc2cnccc2N1. The van der Waals surface area contributed by atoms with E-state index < -0.39 is 0 Å². The van der Waals surface area contributed by atoms with E-state index in [0.29, 0.717) is 0 Å². The summed E-state index contributed by atoms with van der Waals surface area (Å²) in [6.45, 7) is 0.210. The number of aliphatic hydroxyl groups is 1. The summed E-state index contributed by atoms with van der Waals surface area (Å²) in [5, 5.41) is 12.2. The Balaban J connectivity index is 2.23. The summed E-state index contributed by atoms with van der Waals surface area (Å²) in [5.41, 5.74) is 2.37. The molecule has 1 unspecified atom stereocenters. The molecule has 0 saturated carbocycles. The molecule has 1 aliphatic rings. The first-order valence-corrected chi connectivity index (χ1v) is 4.20. The molecule has 1 atom stereocenters. The van der Waals surface area contributed by atoms with E-state index in [1.807, 2.05) is 12.3 Å². The summed E-state index contributed by atoms with van der Waals surface area (Å²) in [5.74, 6) is 0. The third-order valence-corrected chi connectivity index (χ3v) is 2.25. The molecule has 1 aromatic heterocycles. The van der Waals surface area contributed by atoms with Gasteiger partial charge in [-0.25, -0.2) is 0 Å². The summed E-state index contributed by atoms with van der Waals surface area (Å²) in [6, 6.07) is 2.18. The molecule has 2 heterocycles. The normalized spacial score (nSPS) is 21.2. The number of anilines is 1. The van der Waals surface area contributed by atoms with Gasteiger partial charge in [0, 0.05) is 24.1 Å². The van der Waals surface area contributed by atoms with Crippen LogP contribution < -0.4 is 5.32 Å². The van der Waals surface area contributed by atoms with Gasteiger partial charge in [0.1, 0.15) is 0 Å². The minimum Gasteiger partial charge on any atom is -0.394 e. The summed E-state index contributed by atoms with van der Waals surface area (Å²) in [4.78, 5) is 4.05. The second-order valence-corrected chi connectivity index (χ2v) is 3.10. The molecule has 1 aliphatic heterocycles. The molecule has 64 valence electrons. The fourth-order valence-corrected chi connectivity index (χ4v) is 1.53. The molecule has 1 aromatic rings. The number of fused-ring (bicyclic) bond motifs is 1. The number of rotatable bonds is 1. The van der Waals surface area contributed by atoms with Gasteiger partial charge in [0.15, 0.2) is 0 Å². The van der Waals surface area contributed by atoms with Gasteiger partial charge in [0.05, 0.1) is 6.61 Å². The molecule has 3 nitrogen and oxygen atoms in total. The van der Waals surface area contributed by atoms with Crippen molar-refractivity contribution in [3.05, 3.63) is 24.0 Å². The van der Waals surface area contributed by atoms with Crippen molar-refractivity contribution in [1.82, 2.24) is 4.98 Å². The highest BCUT2D eigenvalue weighted by Gasteiger charge is 2.15. The first-order chi connectivity index (χ1) is 5.90. The molecule has 0 radical (unpaired) electrons. The van der Waals surface area contributed by atoms with Crippen molar-refractivity contribution < 1.29 is 5.11 Å². The Labute approximate surface area is 71.4 Å². The Kier molecular flexibility index (Phi) is 1.96. The highest BCUT2D eigenvalue weighted by Crippen LogP contribution is 2.22. The maximum atomic E-state index is 8.94. The van der Waals surface area contributed by atoms with Crippen LogP contribution in [0.3, 0.4) is 0 Å². The predicted octanol–water partition coefficient (Wildman–Crippen LogP) is 0.801. The second kappa shape index (κ2) is 3.11. The minimum atomic E-state index is 0.210. The fourth-order valence-electron chi connectivity index (χ4n) is 1.53. The lowest BCUT2D eigenvalue weighted by Crippen LogP contribution is -2.28. The number of aliphatic hydroxyl groups excluding tert-OH is 1. The number of nitrogens with zero attached hydrogens (tertiary/aromatic N) is 1. The van der Waals surface area contributed by atoms with Crippen LogP contribution in [0.5, 0.6) is 0 Å². The quantitative estimate of drug-likeness (QED) is 0.645. The third kappa shape index (κ3) is 1.28. The topological polar surface area (TPSA) is 45.2 Å². The van der Waals surface area contributed by atoms with Crippen molar-refractivity contribution in [3.63, 3.8) is 0 Å². The van der Waals surface area contributed by atoms with Crippen molar-refractivity contribution in [2.75, 3.05) is 11.9 Å². The number of pyridine rings is 1. The van der Waals surface area contributed by atoms with Gasteiger partial charge in [0.2, 0.25) is 0 Å². The van der Waals surface area contributed by atoms with E-state index in [2.05, 4.69) is 10.3 Å². The van der Waals surface area contributed by atoms with Gasteiger partial charge in [-0.15, -0.1) is 0 Å². The van der Waals surface area contributed by atoms with Crippen LogP contribution in [0.15, 0.2) is 18.5 Å². The minimum absolute atomic E-state index is 0.210. The predicted molar refractivity (Wildman–Crippen MR) is 47.1 cm³/mol. The molecule has 0 bridgehead atoms.